The van der Waals surface area contributed by atoms with Crippen LogP contribution < -0.4 is 5.56 Å². The minimum atomic E-state index is -0.221. The number of hydrogen-bond acceptors (Lipinski definition) is 3. The molecule has 11 heavy (non-hydrogen) atoms. The quantitative estimate of drug-likeness (QED) is 0.422. The molecule has 0 unspecified atom stereocenters. The van der Waals surface area contributed by atoms with Crippen molar-refractivity contribution in [2.75, 3.05) is 5.75 Å². The zero-order chi connectivity index (χ0) is 8.10. The average molecular weight is 166 g/mol. The zero-order valence-corrected chi connectivity index (χ0v) is 6.56. The number of aromatic amines is 1. The molecule has 4 heteroatoms. The summed E-state index contributed by atoms with van der Waals surface area (Å²) in [6, 6.07) is 2.95. The topological polar surface area (TPSA) is 45.8 Å². The largest absolute Gasteiger partial charge is 0.268 e. The van der Waals surface area contributed by atoms with E-state index in [2.05, 4.69) is 34.7 Å². The number of nitrogens with one attached hydrogen (secondary N) is 1. The van der Waals surface area contributed by atoms with Crippen molar-refractivity contribution in [2.24, 2.45) is 0 Å². The van der Waals surface area contributed by atoms with Gasteiger partial charge in [-0.15, -0.1) is 0 Å². The fourth-order valence-corrected chi connectivity index (χ4v) is 0.623. The first-order valence-corrected chi connectivity index (χ1v) is 3.61. The standard InChI is InChI=1S/C7H6N2OS/c10-7-4-3-6(8-9-7)2-1-5-11/h3-4,11H,5H2,(H,9,10). The number of aromatic nitrogens is 2. The fraction of sp³-hybridized carbons (Fsp3) is 0.143. The van der Waals surface area contributed by atoms with E-state index in [0.717, 1.165) is 0 Å². The Bertz CT molecular complexity index is 327. The third-order valence-corrected chi connectivity index (χ3v) is 1.13. The summed E-state index contributed by atoms with van der Waals surface area (Å²) < 4.78 is 0. The molecule has 0 saturated heterocycles. The Labute approximate surface area is 69.2 Å². The molecule has 0 fully saturated rings. The Morgan fingerprint density at radius 3 is 3.00 bits per heavy atom. The predicted octanol–water partition coefficient (Wildman–Crippen LogP) is 0.0512. The lowest BCUT2D eigenvalue weighted by atomic mass is 10.4. The van der Waals surface area contributed by atoms with Crippen LogP contribution in [0.4, 0.5) is 0 Å². The van der Waals surface area contributed by atoms with Crippen molar-refractivity contribution >= 4 is 12.6 Å². The van der Waals surface area contributed by atoms with E-state index in [4.69, 9.17) is 0 Å². The van der Waals surface area contributed by atoms with E-state index in [0.29, 0.717) is 11.4 Å². The van der Waals surface area contributed by atoms with Crippen molar-refractivity contribution in [1.29, 1.82) is 0 Å². The summed E-state index contributed by atoms with van der Waals surface area (Å²) in [6.45, 7) is 0. The van der Waals surface area contributed by atoms with Gasteiger partial charge in [0.1, 0.15) is 5.69 Å². The first-order valence-electron chi connectivity index (χ1n) is 2.98. The number of hydrogen-bond donors (Lipinski definition) is 2. The molecule has 1 heterocycles. The Morgan fingerprint density at radius 2 is 2.45 bits per heavy atom. The highest BCUT2D eigenvalue weighted by atomic mass is 32.1. The molecule has 1 aromatic heterocycles. The van der Waals surface area contributed by atoms with E-state index in [-0.39, 0.29) is 5.56 Å². The highest BCUT2D eigenvalue weighted by Gasteiger charge is 1.85. The minimum absolute atomic E-state index is 0.221. The molecule has 0 amide bonds. The summed E-state index contributed by atoms with van der Waals surface area (Å²) in [5.74, 6) is 5.91. The zero-order valence-electron chi connectivity index (χ0n) is 5.66. The third-order valence-electron chi connectivity index (χ3n) is 0.975. The molecule has 0 bridgehead atoms. The maximum Gasteiger partial charge on any atom is 0.264 e. The summed E-state index contributed by atoms with van der Waals surface area (Å²) in [6.07, 6.45) is 0. The first kappa shape index (κ1) is 7.89. The van der Waals surface area contributed by atoms with E-state index in [9.17, 15) is 4.79 Å². The minimum Gasteiger partial charge on any atom is -0.268 e. The van der Waals surface area contributed by atoms with E-state index in [1.54, 1.807) is 6.07 Å². The van der Waals surface area contributed by atoms with Crippen LogP contribution in [-0.2, 0) is 0 Å². The summed E-state index contributed by atoms with van der Waals surface area (Å²) in [5.41, 5.74) is 0.333. The van der Waals surface area contributed by atoms with Gasteiger partial charge in [-0.3, -0.25) is 4.79 Å². The second kappa shape index (κ2) is 3.84. The molecular weight excluding hydrogens is 160 g/mol. The fourth-order valence-electron chi connectivity index (χ4n) is 0.544. The highest BCUT2D eigenvalue weighted by molar-refractivity contribution is 7.80. The van der Waals surface area contributed by atoms with Gasteiger partial charge < -0.3 is 0 Å². The molecule has 0 aliphatic heterocycles. The molecule has 1 aromatic rings. The van der Waals surface area contributed by atoms with Crippen LogP contribution in [0.15, 0.2) is 16.9 Å². The van der Waals surface area contributed by atoms with Gasteiger partial charge in [0.05, 0.1) is 5.75 Å². The lowest BCUT2D eigenvalue weighted by Crippen LogP contribution is -2.05. The molecule has 1 rings (SSSR count). The van der Waals surface area contributed by atoms with Gasteiger partial charge in [0.2, 0.25) is 0 Å². The lowest BCUT2D eigenvalue weighted by Gasteiger charge is -1.84. The first-order chi connectivity index (χ1) is 5.33. The second-order valence-electron chi connectivity index (χ2n) is 1.77. The Hall–Kier alpha value is -1.21. The number of rotatable bonds is 0. The molecule has 0 aliphatic rings. The normalized spacial score (nSPS) is 8.45. The van der Waals surface area contributed by atoms with Crippen molar-refractivity contribution < 1.29 is 0 Å². The van der Waals surface area contributed by atoms with Gasteiger partial charge in [-0.1, -0.05) is 5.92 Å². The summed E-state index contributed by atoms with van der Waals surface area (Å²) in [4.78, 5) is 10.5. The van der Waals surface area contributed by atoms with Crippen molar-refractivity contribution in [2.45, 2.75) is 0 Å². The molecule has 3 nitrogen and oxygen atoms in total. The SMILES string of the molecule is O=c1ccc(C#CCS)n[nH]1. The van der Waals surface area contributed by atoms with Gasteiger partial charge in [-0.25, -0.2) is 5.10 Å². The third kappa shape index (κ3) is 2.48. The molecule has 0 saturated carbocycles. The van der Waals surface area contributed by atoms with Crippen LogP contribution >= 0.6 is 12.6 Å². The number of H-pyrrole nitrogens is 1. The van der Waals surface area contributed by atoms with E-state index in [1.807, 2.05) is 0 Å². The molecule has 1 N–H and O–H groups in total. The van der Waals surface area contributed by atoms with Crippen LogP contribution in [0.25, 0.3) is 0 Å². The average Bonchev–Trinajstić information content (AvgIpc) is 2.04. The molecule has 0 aliphatic carbocycles. The van der Waals surface area contributed by atoms with Crippen molar-refractivity contribution in [3.8, 4) is 11.8 Å². The van der Waals surface area contributed by atoms with Crippen molar-refractivity contribution in [3.63, 3.8) is 0 Å². The Morgan fingerprint density at radius 1 is 1.64 bits per heavy atom. The molecule has 0 spiro atoms. The maximum atomic E-state index is 10.5. The molecule has 0 aromatic carbocycles. The Balaban J connectivity index is 2.90. The smallest absolute Gasteiger partial charge is 0.264 e. The van der Waals surface area contributed by atoms with Crippen molar-refractivity contribution in [1.82, 2.24) is 10.2 Å². The van der Waals surface area contributed by atoms with Crippen LogP contribution in [-0.4, -0.2) is 16.0 Å². The summed E-state index contributed by atoms with van der Waals surface area (Å²) >= 11 is 3.90. The Kier molecular flexibility index (Phi) is 2.75. The van der Waals surface area contributed by atoms with Gasteiger partial charge in [-0.2, -0.15) is 17.7 Å². The number of nitrogens with zero attached hydrogens (tertiary/aromatic N) is 1. The predicted molar refractivity (Wildman–Crippen MR) is 45.6 cm³/mol. The molecule has 0 radical (unpaired) electrons. The highest BCUT2D eigenvalue weighted by Crippen LogP contribution is 1.82. The van der Waals surface area contributed by atoms with Gasteiger partial charge >= 0.3 is 0 Å². The van der Waals surface area contributed by atoms with Crippen LogP contribution in [0.3, 0.4) is 0 Å². The van der Waals surface area contributed by atoms with E-state index < -0.39 is 0 Å². The molecule has 0 atom stereocenters. The second-order valence-corrected chi connectivity index (χ2v) is 2.08. The lowest BCUT2D eigenvalue weighted by molar-refractivity contribution is 0.974. The van der Waals surface area contributed by atoms with Crippen LogP contribution in [0, 0.1) is 11.8 Å². The number of thiol groups is 1. The van der Waals surface area contributed by atoms with Gasteiger partial charge in [-0.05, 0) is 12.0 Å². The molecule has 56 valence electrons. The van der Waals surface area contributed by atoms with E-state index >= 15 is 0 Å². The van der Waals surface area contributed by atoms with E-state index in [1.165, 1.54) is 6.07 Å². The van der Waals surface area contributed by atoms with Crippen LogP contribution in [0.5, 0.6) is 0 Å². The molecular formula is C7H6N2OS. The van der Waals surface area contributed by atoms with Crippen LogP contribution in [0.2, 0.25) is 0 Å². The monoisotopic (exact) mass is 166 g/mol. The van der Waals surface area contributed by atoms with Gasteiger partial charge in [0, 0.05) is 6.07 Å². The maximum absolute atomic E-state index is 10.5. The van der Waals surface area contributed by atoms with Crippen LogP contribution in [0.1, 0.15) is 5.69 Å². The van der Waals surface area contributed by atoms with Crippen molar-refractivity contribution in [3.05, 3.63) is 28.2 Å². The van der Waals surface area contributed by atoms with Gasteiger partial charge in [0.15, 0.2) is 0 Å². The summed E-state index contributed by atoms with van der Waals surface area (Å²) in [5, 5.41) is 5.95. The summed E-state index contributed by atoms with van der Waals surface area (Å²) in [7, 11) is 0. The van der Waals surface area contributed by atoms with Gasteiger partial charge in [0.25, 0.3) is 5.56 Å².